The van der Waals surface area contributed by atoms with Crippen LogP contribution in [0.4, 0.5) is 4.39 Å². The molecule has 0 amide bonds. The third-order valence-corrected chi connectivity index (χ3v) is 4.05. The van der Waals surface area contributed by atoms with Gasteiger partial charge in [-0.15, -0.1) is 0 Å². The third-order valence-electron chi connectivity index (χ3n) is 3.78. The summed E-state index contributed by atoms with van der Waals surface area (Å²) in [5, 5.41) is 0.183. The molecule has 2 atom stereocenters. The van der Waals surface area contributed by atoms with Crippen LogP contribution in [0, 0.1) is 11.7 Å². The van der Waals surface area contributed by atoms with Crippen LogP contribution < -0.4 is 0 Å². The smallest absolute Gasteiger partial charge is 0.145 e. The molecule has 2 rings (SSSR count). The van der Waals surface area contributed by atoms with E-state index < -0.39 is 0 Å². The molecule has 98 valence electrons. The van der Waals surface area contributed by atoms with E-state index in [0.717, 1.165) is 23.8 Å². The first-order valence-corrected chi connectivity index (χ1v) is 6.79. The maximum absolute atomic E-state index is 14.1. The highest BCUT2D eigenvalue weighted by atomic mass is 35.5. The molecule has 0 radical (unpaired) electrons. The maximum Gasteiger partial charge on any atom is 0.145 e. The summed E-state index contributed by atoms with van der Waals surface area (Å²) in [7, 11) is 0. The van der Waals surface area contributed by atoms with Crippen molar-refractivity contribution in [2.75, 3.05) is 0 Å². The van der Waals surface area contributed by atoms with Crippen LogP contribution in [0.1, 0.15) is 55.7 Å². The summed E-state index contributed by atoms with van der Waals surface area (Å²) in [4.78, 5) is 10.9. The summed E-state index contributed by atoms with van der Waals surface area (Å²) in [6.45, 7) is 6.04. The van der Waals surface area contributed by atoms with E-state index in [1.165, 1.54) is 0 Å². The van der Waals surface area contributed by atoms with Crippen LogP contribution in [0.2, 0.25) is 5.02 Å². The lowest BCUT2D eigenvalue weighted by Gasteiger charge is -2.18. The zero-order valence-electron chi connectivity index (χ0n) is 11.0. The lowest BCUT2D eigenvalue weighted by atomic mass is 9.89. The van der Waals surface area contributed by atoms with Gasteiger partial charge in [0.15, 0.2) is 0 Å². The van der Waals surface area contributed by atoms with Crippen molar-refractivity contribution in [1.82, 2.24) is 0 Å². The van der Waals surface area contributed by atoms with E-state index in [9.17, 15) is 9.18 Å². The van der Waals surface area contributed by atoms with Crippen LogP contribution in [0.3, 0.4) is 0 Å². The van der Waals surface area contributed by atoms with Gasteiger partial charge in [-0.2, -0.15) is 0 Å². The van der Waals surface area contributed by atoms with Crippen LogP contribution in [-0.4, -0.2) is 6.29 Å². The largest absolute Gasteiger partial charge is 0.303 e. The number of halogens is 2. The van der Waals surface area contributed by atoms with E-state index in [0.29, 0.717) is 17.4 Å². The number of hydrogen-bond donors (Lipinski definition) is 0. The van der Waals surface area contributed by atoms with Gasteiger partial charge in [0, 0.05) is 6.42 Å². The normalized spacial score (nSPS) is 22.3. The van der Waals surface area contributed by atoms with Crippen molar-refractivity contribution in [3.8, 4) is 0 Å². The molecule has 1 unspecified atom stereocenters. The van der Waals surface area contributed by atoms with E-state index >= 15 is 0 Å². The topological polar surface area (TPSA) is 17.1 Å². The minimum Gasteiger partial charge on any atom is -0.303 e. The number of benzene rings is 1. The first kappa shape index (κ1) is 13.5. The van der Waals surface area contributed by atoms with Crippen LogP contribution in [0.25, 0.3) is 0 Å². The number of carbonyl (C=O) groups excluding carboxylic acids is 1. The van der Waals surface area contributed by atoms with Gasteiger partial charge >= 0.3 is 0 Å². The van der Waals surface area contributed by atoms with E-state index in [-0.39, 0.29) is 23.2 Å². The lowest BCUT2D eigenvalue weighted by Crippen LogP contribution is -2.06. The molecule has 1 aliphatic rings. The first-order valence-electron chi connectivity index (χ1n) is 6.41. The minimum absolute atomic E-state index is 0.0338. The Bertz CT molecular complexity index is 482. The summed E-state index contributed by atoms with van der Waals surface area (Å²) >= 11 is 5.99. The summed E-state index contributed by atoms with van der Waals surface area (Å²) in [5.74, 6) is 0.722. The monoisotopic (exact) mass is 268 g/mol. The van der Waals surface area contributed by atoms with Gasteiger partial charge in [0.05, 0.1) is 5.02 Å². The van der Waals surface area contributed by atoms with Gasteiger partial charge < -0.3 is 4.79 Å². The van der Waals surface area contributed by atoms with Gasteiger partial charge in [-0.25, -0.2) is 4.39 Å². The Morgan fingerprint density at radius 1 is 1.56 bits per heavy atom. The second kappa shape index (κ2) is 5.00. The molecule has 18 heavy (non-hydrogen) atoms. The Balaban J connectivity index is 2.61. The molecular weight excluding hydrogens is 251 g/mol. The first-order chi connectivity index (χ1) is 8.47. The molecule has 1 aliphatic carbocycles. The number of carbonyl (C=O) groups is 1. The Labute approximate surface area is 112 Å². The highest BCUT2D eigenvalue weighted by molar-refractivity contribution is 6.31. The number of hydrogen-bond acceptors (Lipinski definition) is 1. The summed E-state index contributed by atoms with van der Waals surface area (Å²) < 4.78 is 14.1. The third kappa shape index (κ3) is 2.31. The molecule has 1 fully saturated rings. The van der Waals surface area contributed by atoms with Gasteiger partial charge in [0.1, 0.15) is 12.1 Å². The molecular formula is C15H18ClFO. The number of aldehydes is 1. The van der Waals surface area contributed by atoms with Crippen molar-refractivity contribution in [3.05, 3.63) is 33.6 Å². The average Bonchev–Trinajstić information content (AvgIpc) is 3.00. The van der Waals surface area contributed by atoms with E-state index in [1.807, 2.05) is 13.8 Å². The van der Waals surface area contributed by atoms with Crippen molar-refractivity contribution < 1.29 is 9.18 Å². The fraction of sp³-hybridized carbons (Fsp3) is 0.533. The molecule has 0 aromatic heterocycles. The zero-order valence-corrected chi connectivity index (χ0v) is 11.7. The molecule has 0 heterocycles. The van der Waals surface area contributed by atoms with Gasteiger partial charge in [-0.1, -0.05) is 32.4 Å². The van der Waals surface area contributed by atoms with Crippen molar-refractivity contribution >= 4 is 17.9 Å². The van der Waals surface area contributed by atoms with Crippen LogP contribution in [-0.2, 0) is 11.2 Å². The molecule has 0 aliphatic heterocycles. The van der Waals surface area contributed by atoms with Gasteiger partial charge in [-0.3, -0.25) is 0 Å². The van der Waals surface area contributed by atoms with Crippen LogP contribution >= 0.6 is 11.6 Å². The molecule has 1 saturated carbocycles. The van der Waals surface area contributed by atoms with E-state index in [1.54, 1.807) is 6.07 Å². The molecule has 0 spiro atoms. The predicted octanol–water partition coefficient (Wildman–Crippen LogP) is 4.47. The van der Waals surface area contributed by atoms with Crippen molar-refractivity contribution in [2.24, 2.45) is 5.92 Å². The second-order valence-electron chi connectivity index (χ2n) is 5.50. The van der Waals surface area contributed by atoms with Crippen LogP contribution in [0.15, 0.2) is 6.07 Å². The standard InChI is InChI=1S/C15H18ClFO/c1-8(2)14-10(4-5-18)12(11-6-9(11)3)7-13(16)15(14)17/h5,7-9,11H,4,6H2,1-3H3/t9?,11-/m1/s1. The summed E-state index contributed by atoms with van der Waals surface area (Å²) in [5.41, 5.74) is 2.55. The molecule has 1 aromatic carbocycles. The number of rotatable bonds is 4. The fourth-order valence-corrected chi connectivity index (χ4v) is 2.92. The van der Waals surface area contributed by atoms with E-state index in [4.69, 9.17) is 11.6 Å². The Morgan fingerprint density at radius 3 is 2.61 bits per heavy atom. The lowest BCUT2D eigenvalue weighted by molar-refractivity contribution is -0.107. The molecule has 3 heteroatoms. The Morgan fingerprint density at radius 2 is 2.17 bits per heavy atom. The Kier molecular flexibility index (Phi) is 3.76. The molecule has 0 N–H and O–H groups in total. The summed E-state index contributed by atoms with van der Waals surface area (Å²) in [6, 6.07) is 1.72. The Hall–Kier alpha value is -0.890. The maximum atomic E-state index is 14.1. The van der Waals surface area contributed by atoms with E-state index in [2.05, 4.69) is 6.92 Å². The van der Waals surface area contributed by atoms with Crippen molar-refractivity contribution in [1.29, 1.82) is 0 Å². The van der Waals surface area contributed by atoms with Gasteiger partial charge in [0.25, 0.3) is 0 Å². The quantitative estimate of drug-likeness (QED) is 0.737. The van der Waals surface area contributed by atoms with Gasteiger partial charge in [-0.05, 0) is 46.9 Å². The highest BCUT2D eigenvalue weighted by Gasteiger charge is 2.37. The second-order valence-corrected chi connectivity index (χ2v) is 5.91. The van der Waals surface area contributed by atoms with Crippen LogP contribution in [0.5, 0.6) is 0 Å². The summed E-state index contributed by atoms with van der Waals surface area (Å²) in [6.07, 6.45) is 2.23. The molecule has 0 bridgehead atoms. The average molecular weight is 269 g/mol. The fourth-order valence-electron chi connectivity index (χ4n) is 2.70. The van der Waals surface area contributed by atoms with Crippen molar-refractivity contribution in [3.63, 3.8) is 0 Å². The van der Waals surface area contributed by atoms with Crippen molar-refractivity contribution in [2.45, 2.75) is 45.4 Å². The predicted molar refractivity (Wildman–Crippen MR) is 71.8 cm³/mol. The zero-order chi connectivity index (χ0) is 13.4. The van der Waals surface area contributed by atoms with Gasteiger partial charge in [0.2, 0.25) is 0 Å². The molecule has 1 aromatic rings. The molecule has 1 nitrogen and oxygen atoms in total. The SMILES string of the molecule is CC(C)c1c(F)c(Cl)cc([C@@H]2CC2C)c1CC=O. The molecule has 0 saturated heterocycles. The highest BCUT2D eigenvalue weighted by Crippen LogP contribution is 2.50. The minimum atomic E-state index is -0.361.